The molecule has 0 aliphatic heterocycles. The van der Waals surface area contributed by atoms with Crippen molar-refractivity contribution in [3.8, 4) is 11.6 Å². The van der Waals surface area contributed by atoms with E-state index in [-0.39, 0.29) is 6.54 Å². The average Bonchev–Trinajstić information content (AvgIpc) is 2.48. The smallest absolute Gasteiger partial charge is 0.242 e. The normalized spacial score (nSPS) is 10.6. The van der Waals surface area contributed by atoms with Gasteiger partial charge in [-0.1, -0.05) is 18.2 Å². The van der Waals surface area contributed by atoms with Gasteiger partial charge in [0.05, 0.1) is 0 Å². The maximum Gasteiger partial charge on any atom is 0.242 e. The quantitative estimate of drug-likeness (QED) is 0.774. The highest BCUT2D eigenvalue weighted by Crippen LogP contribution is 2.28. The van der Waals surface area contributed by atoms with Crippen molar-refractivity contribution < 1.29 is 4.74 Å². The van der Waals surface area contributed by atoms with Crippen LogP contribution in [0.15, 0.2) is 48.9 Å². The van der Waals surface area contributed by atoms with Gasteiger partial charge in [-0.2, -0.15) is 0 Å². The van der Waals surface area contributed by atoms with Crippen LogP contribution in [0.5, 0.6) is 11.6 Å². The molecule has 2 aromatic heterocycles. The van der Waals surface area contributed by atoms with E-state index in [9.17, 15) is 0 Å². The van der Waals surface area contributed by atoms with E-state index in [1.807, 2.05) is 30.3 Å². The van der Waals surface area contributed by atoms with Crippen molar-refractivity contribution in [2.24, 2.45) is 5.73 Å². The third-order valence-electron chi connectivity index (χ3n) is 2.73. The van der Waals surface area contributed by atoms with Gasteiger partial charge in [-0.05, 0) is 12.1 Å². The van der Waals surface area contributed by atoms with Crippen LogP contribution < -0.4 is 10.5 Å². The molecule has 1 aromatic carbocycles. The van der Waals surface area contributed by atoms with E-state index in [0.717, 1.165) is 10.9 Å². The number of nitrogens with zero attached hydrogens (tertiary/aromatic N) is 3. The lowest BCUT2D eigenvalue weighted by molar-refractivity contribution is 0.456. The van der Waals surface area contributed by atoms with Crippen LogP contribution in [0.2, 0.25) is 0 Å². The fourth-order valence-corrected chi connectivity index (χ4v) is 1.84. The first kappa shape index (κ1) is 11.6. The Morgan fingerprint density at radius 1 is 0.947 bits per heavy atom. The number of ether oxygens (including phenoxy) is 1. The molecule has 0 aliphatic rings. The highest BCUT2D eigenvalue weighted by atomic mass is 16.5. The van der Waals surface area contributed by atoms with E-state index < -0.39 is 0 Å². The first-order valence-electron chi connectivity index (χ1n) is 5.90. The number of aromatic nitrogens is 3. The summed E-state index contributed by atoms with van der Waals surface area (Å²) in [5.74, 6) is 1.07. The van der Waals surface area contributed by atoms with Crippen molar-refractivity contribution in [1.29, 1.82) is 0 Å². The molecule has 0 atom stereocenters. The second-order valence-corrected chi connectivity index (χ2v) is 3.95. The van der Waals surface area contributed by atoms with E-state index in [1.54, 1.807) is 18.6 Å². The molecule has 5 heteroatoms. The highest BCUT2D eigenvalue weighted by Gasteiger charge is 2.09. The van der Waals surface area contributed by atoms with Gasteiger partial charge in [-0.25, -0.2) is 4.98 Å². The Kier molecular flexibility index (Phi) is 3.04. The SMILES string of the molecule is NCc1nccnc1Oc1cccc2cccnc12. The van der Waals surface area contributed by atoms with Crippen molar-refractivity contribution in [3.63, 3.8) is 0 Å². The summed E-state index contributed by atoms with van der Waals surface area (Å²) >= 11 is 0. The molecular formula is C14H12N4O. The zero-order chi connectivity index (χ0) is 13.1. The van der Waals surface area contributed by atoms with Crippen molar-refractivity contribution >= 4 is 10.9 Å². The van der Waals surface area contributed by atoms with Crippen LogP contribution in [0.25, 0.3) is 10.9 Å². The molecule has 94 valence electrons. The van der Waals surface area contributed by atoms with Crippen LogP contribution in [-0.2, 0) is 6.54 Å². The Balaban J connectivity index is 2.06. The van der Waals surface area contributed by atoms with E-state index in [1.165, 1.54) is 0 Å². The molecule has 0 saturated heterocycles. The van der Waals surface area contributed by atoms with Crippen molar-refractivity contribution in [3.05, 3.63) is 54.6 Å². The number of fused-ring (bicyclic) bond motifs is 1. The standard InChI is InChI=1S/C14H12N4O/c15-9-11-14(18-8-7-16-11)19-12-5-1-3-10-4-2-6-17-13(10)12/h1-8H,9,15H2. The fraction of sp³-hybridized carbons (Fsp3) is 0.0714. The Morgan fingerprint density at radius 2 is 1.79 bits per heavy atom. The Morgan fingerprint density at radius 3 is 2.68 bits per heavy atom. The van der Waals surface area contributed by atoms with Gasteiger partial charge in [0.2, 0.25) is 5.88 Å². The van der Waals surface area contributed by atoms with Crippen LogP contribution in [-0.4, -0.2) is 15.0 Å². The molecular weight excluding hydrogens is 240 g/mol. The van der Waals surface area contributed by atoms with Crippen molar-refractivity contribution in [2.45, 2.75) is 6.54 Å². The van der Waals surface area contributed by atoms with E-state index in [4.69, 9.17) is 10.5 Å². The number of nitrogens with two attached hydrogens (primary N) is 1. The van der Waals surface area contributed by atoms with Crippen LogP contribution >= 0.6 is 0 Å². The number of hydrogen-bond acceptors (Lipinski definition) is 5. The lowest BCUT2D eigenvalue weighted by Gasteiger charge is -2.09. The minimum Gasteiger partial charge on any atom is -0.435 e. The summed E-state index contributed by atoms with van der Waals surface area (Å²) in [7, 11) is 0. The number of rotatable bonds is 3. The molecule has 2 N–H and O–H groups in total. The van der Waals surface area contributed by atoms with Crippen molar-refractivity contribution in [1.82, 2.24) is 15.0 Å². The fourth-order valence-electron chi connectivity index (χ4n) is 1.84. The molecule has 0 amide bonds. The Hall–Kier alpha value is -2.53. The Labute approximate surface area is 110 Å². The Bertz CT molecular complexity index is 709. The van der Waals surface area contributed by atoms with Gasteiger partial charge in [0.1, 0.15) is 11.2 Å². The van der Waals surface area contributed by atoms with Crippen molar-refractivity contribution in [2.75, 3.05) is 0 Å². The maximum atomic E-state index is 5.80. The van der Waals surface area contributed by atoms with E-state index in [0.29, 0.717) is 17.3 Å². The second kappa shape index (κ2) is 4.99. The van der Waals surface area contributed by atoms with E-state index in [2.05, 4.69) is 15.0 Å². The highest BCUT2D eigenvalue weighted by molar-refractivity contribution is 5.84. The third kappa shape index (κ3) is 2.23. The van der Waals surface area contributed by atoms with Gasteiger partial charge in [0.15, 0.2) is 5.75 Å². The predicted molar refractivity (Wildman–Crippen MR) is 71.7 cm³/mol. The summed E-state index contributed by atoms with van der Waals surface area (Å²) in [5, 5.41) is 1.01. The summed E-state index contributed by atoms with van der Waals surface area (Å²) in [5.41, 5.74) is 7.03. The molecule has 0 saturated carbocycles. The molecule has 0 fully saturated rings. The van der Waals surface area contributed by atoms with Gasteiger partial charge in [0, 0.05) is 30.5 Å². The molecule has 0 bridgehead atoms. The molecule has 3 rings (SSSR count). The summed E-state index contributed by atoms with van der Waals surface area (Å²) in [6, 6.07) is 9.62. The molecule has 3 aromatic rings. The lowest BCUT2D eigenvalue weighted by atomic mass is 10.2. The van der Waals surface area contributed by atoms with Crippen LogP contribution in [0, 0.1) is 0 Å². The van der Waals surface area contributed by atoms with Gasteiger partial charge < -0.3 is 10.5 Å². The summed E-state index contributed by atoms with van der Waals surface area (Å²) < 4.78 is 5.80. The minimum absolute atomic E-state index is 0.279. The monoisotopic (exact) mass is 252 g/mol. The molecule has 5 nitrogen and oxygen atoms in total. The molecule has 0 spiro atoms. The summed E-state index contributed by atoms with van der Waals surface area (Å²) in [4.78, 5) is 12.6. The largest absolute Gasteiger partial charge is 0.435 e. The molecule has 0 aliphatic carbocycles. The number of pyridine rings is 1. The minimum atomic E-state index is 0.279. The van der Waals surface area contributed by atoms with E-state index >= 15 is 0 Å². The third-order valence-corrected chi connectivity index (χ3v) is 2.73. The zero-order valence-electron chi connectivity index (χ0n) is 10.2. The van der Waals surface area contributed by atoms with Crippen LogP contribution in [0.1, 0.15) is 5.69 Å². The zero-order valence-corrected chi connectivity index (χ0v) is 10.2. The topological polar surface area (TPSA) is 73.9 Å². The second-order valence-electron chi connectivity index (χ2n) is 3.95. The molecule has 19 heavy (non-hydrogen) atoms. The number of para-hydroxylation sites is 1. The number of hydrogen-bond donors (Lipinski definition) is 1. The van der Waals surface area contributed by atoms with Crippen LogP contribution in [0.4, 0.5) is 0 Å². The summed E-state index contributed by atoms with van der Waals surface area (Å²) in [6.45, 7) is 0.279. The lowest BCUT2D eigenvalue weighted by Crippen LogP contribution is -2.03. The van der Waals surface area contributed by atoms with Crippen LogP contribution in [0.3, 0.4) is 0 Å². The number of benzene rings is 1. The van der Waals surface area contributed by atoms with Gasteiger partial charge in [-0.3, -0.25) is 9.97 Å². The average molecular weight is 252 g/mol. The van der Waals surface area contributed by atoms with Gasteiger partial charge >= 0.3 is 0 Å². The maximum absolute atomic E-state index is 5.80. The molecule has 0 radical (unpaired) electrons. The molecule has 2 heterocycles. The molecule has 0 unspecified atom stereocenters. The summed E-state index contributed by atoms with van der Waals surface area (Å²) in [6.07, 6.45) is 4.90. The predicted octanol–water partition coefficient (Wildman–Crippen LogP) is 2.28. The van der Waals surface area contributed by atoms with Gasteiger partial charge in [-0.15, -0.1) is 0 Å². The first-order chi connectivity index (χ1) is 9.38. The van der Waals surface area contributed by atoms with Gasteiger partial charge in [0.25, 0.3) is 0 Å². The first-order valence-corrected chi connectivity index (χ1v) is 5.90.